The maximum atomic E-state index is 11.9. The molecule has 5 heteroatoms. The molecule has 21 heavy (non-hydrogen) atoms. The molecule has 1 aliphatic heterocycles. The van der Waals surface area contributed by atoms with Gasteiger partial charge in [0, 0.05) is 44.5 Å². The van der Waals surface area contributed by atoms with Crippen LogP contribution in [0.3, 0.4) is 0 Å². The molecule has 1 aliphatic carbocycles. The van der Waals surface area contributed by atoms with Gasteiger partial charge in [-0.25, -0.2) is 9.78 Å². The summed E-state index contributed by atoms with van der Waals surface area (Å²) in [5.41, 5.74) is 1.27. The Morgan fingerprint density at radius 1 is 1.38 bits per heavy atom. The van der Waals surface area contributed by atoms with E-state index in [1.54, 1.807) is 0 Å². The summed E-state index contributed by atoms with van der Waals surface area (Å²) in [6.45, 7) is 7.68. The van der Waals surface area contributed by atoms with Crippen LogP contribution < -0.4 is 5.32 Å². The summed E-state index contributed by atoms with van der Waals surface area (Å²) >= 11 is 0. The normalized spacial score (nSPS) is 21.8. The molecule has 0 bridgehead atoms. The van der Waals surface area contributed by atoms with Gasteiger partial charge in [-0.2, -0.15) is 0 Å². The van der Waals surface area contributed by atoms with Gasteiger partial charge in [-0.15, -0.1) is 0 Å². The number of likely N-dealkylation sites (tertiary alicyclic amines) is 1. The second-order valence-electron chi connectivity index (χ2n) is 6.51. The Bertz CT molecular complexity index is 506. The number of hydrogen-bond acceptors (Lipinski definition) is 2. The fraction of sp³-hybridized carbons (Fsp3) is 0.750. The van der Waals surface area contributed by atoms with Crippen molar-refractivity contribution in [2.24, 2.45) is 11.8 Å². The zero-order chi connectivity index (χ0) is 14.8. The topological polar surface area (TPSA) is 50.2 Å². The molecule has 116 valence electrons. The van der Waals surface area contributed by atoms with Crippen LogP contribution in [0, 0.1) is 18.8 Å². The predicted molar refractivity (Wildman–Crippen MR) is 82.1 cm³/mol. The van der Waals surface area contributed by atoms with Crippen molar-refractivity contribution in [3.8, 4) is 0 Å². The van der Waals surface area contributed by atoms with Gasteiger partial charge in [-0.05, 0) is 44.9 Å². The molecular weight excluding hydrogens is 264 g/mol. The highest BCUT2D eigenvalue weighted by atomic mass is 16.2. The highest BCUT2D eigenvalue weighted by Crippen LogP contribution is 2.32. The lowest BCUT2D eigenvalue weighted by Crippen LogP contribution is -2.38. The molecule has 2 amide bonds. The Hall–Kier alpha value is -1.52. The number of aromatic nitrogens is 2. The fourth-order valence-electron chi connectivity index (χ4n) is 3.19. The van der Waals surface area contributed by atoms with Crippen LogP contribution in [0.2, 0.25) is 0 Å². The first-order valence-electron chi connectivity index (χ1n) is 8.21. The third kappa shape index (κ3) is 3.39. The number of carbonyl (C=O) groups excluding carboxylic acids is 1. The van der Waals surface area contributed by atoms with Gasteiger partial charge in [0.2, 0.25) is 0 Å². The van der Waals surface area contributed by atoms with Crippen molar-refractivity contribution in [2.45, 2.75) is 46.1 Å². The van der Waals surface area contributed by atoms with Crippen molar-refractivity contribution >= 4 is 6.03 Å². The van der Waals surface area contributed by atoms with Crippen molar-refractivity contribution in [1.82, 2.24) is 19.8 Å². The van der Waals surface area contributed by atoms with Crippen molar-refractivity contribution in [1.29, 1.82) is 0 Å². The number of amides is 2. The average molecular weight is 290 g/mol. The minimum Gasteiger partial charge on any atom is -0.338 e. The number of aryl methyl sites for hydroxylation is 1. The van der Waals surface area contributed by atoms with Gasteiger partial charge in [0.05, 0.1) is 0 Å². The Balaban J connectivity index is 1.58. The van der Waals surface area contributed by atoms with Crippen molar-refractivity contribution in [2.75, 3.05) is 19.6 Å². The van der Waals surface area contributed by atoms with Crippen LogP contribution >= 0.6 is 0 Å². The van der Waals surface area contributed by atoms with E-state index in [-0.39, 0.29) is 6.03 Å². The van der Waals surface area contributed by atoms with Crippen LogP contribution in [0.15, 0.2) is 6.20 Å². The molecule has 2 aliphatic rings. The van der Waals surface area contributed by atoms with Crippen LogP contribution in [0.4, 0.5) is 4.79 Å². The van der Waals surface area contributed by atoms with E-state index in [1.165, 1.54) is 24.4 Å². The molecule has 1 N–H and O–H groups in total. The molecule has 1 saturated carbocycles. The monoisotopic (exact) mass is 290 g/mol. The van der Waals surface area contributed by atoms with Gasteiger partial charge in [0.25, 0.3) is 0 Å². The summed E-state index contributed by atoms with van der Waals surface area (Å²) in [7, 11) is 0. The van der Waals surface area contributed by atoms with Gasteiger partial charge in [0.15, 0.2) is 0 Å². The number of carbonyl (C=O) groups is 1. The smallest absolute Gasteiger partial charge is 0.317 e. The molecule has 0 radical (unpaired) electrons. The number of hydrogen-bond donors (Lipinski definition) is 1. The number of rotatable bonds is 5. The van der Waals surface area contributed by atoms with E-state index < -0.39 is 0 Å². The highest BCUT2D eigenvalue weighted by Gasteiger charge is 2.28. The Morgan fingerprint density at radius 2 is 2.19 bits per heavy atom. The highest BCUT2D eigenvalue weighted by molar-refractivity contribution is 5.74. The minimum absolute atomic E-state index is 0.0810. The Kier molecular flexibility index (Phi) is 4.17. The summed E-state index contributed by atoms with van der Waals surface area (Å²) in [5.74, 6) is 2.63. The first kappa shape index (κ1) is 14.4. The van der Waals surface area contributed by atoms with Gasteiger partial charge in [-0.3, -0.25) is 0 Å². The largest absolute Gasteiger partial charge is 0.338 e. The first-order chi connectivity index (χ1) is 10.2. The van der Waals surface area contributed by atoms with Crippen molar-refractivity contribution < 1.29 is 4.79 Å². The second-order valence-corrected chi connectivity index (χ2v) is 6.51. The van der Waals surface area contributed by atoms with Gasteiger partial charge < -0.3 is 14.8 Å². The zero-order valence-corrected chi connectivity index (χ0v) is 13.1. The summed E-state index contributed by atoms with van der Waals surface area (Å²) in [4.78, 5) is 18.4. The lowest BCUT2D eigenvalue weighted by atomic mass is 10.0. The molecule has 5 nitrogen and oxygen atoms in total. The van der Waals surface area contributed by atoms with Crippen LogP contribution in [0.1, 0.15) is 37.7 Å². The SMILES string of the molecule is CCNC(=O)N1CCC(Cc2ncc(C)n2CC2CC2)C1. The Morgan fingerprint density at radius 3 is 2.90 bits per heavy atom. The molecular formula is C16H26N4O. The molecule has 1 aromatic heterocycles. The maximum Gasteiger partial charge on any atom is 0.317 e. The van der Waals surface area contributed by atoms with E-state index >= 15 is 0 Å². The lowest BCUT2D eigenvalue weighted by Gasteiger charge is -2.17. The number of nitrogens with one attached hydrogen (secondary N) is 1. The molecule has 2 heterocycles. The average Bonchev–Trinajstić information content (AvgIpc) is 3.06. The van der Waals surface area contributed by atoms with Gasteiger partial charge in [-0.1, -0.05) is 0 Å². The minimum atomic E-state index is 0.0810. The predicted octanol–water partition coefficient (Wildman–Crippen LogP) is 2.20. The summed E-state index contributed by atoms with van der Waals surface area (Å²) in [5, 5.41) is 2.89. The molecule has 0 aromatic carbocycles. The zero-order valence-electron chi connectivity index (χ0n) is 13.1. The van der Waals surface area contributed by atoms with Crippen LogP contribution in [0.5, 0.6) is 0 Å². The van der Waals surface area contributed by atoms with E-state index in [2.05, 4.69) is 21.8 Å². The quantitative estimate of drug-likeness (QED) is 0.904. The van der Waals surface area contributed by atoms with Crippen LogP contribution in [-0.2, 0) is 13.0 Å². The third-order valence-corrected chi connectivity index (χ3v) is 4.65. The van der Waals surface area contributed by atoms with Crippen LogP contribution in [0.25, 0.3) is 0 Å². The van der Waals surface area contributed by atoms with E-state index in [0.717, 1.165) is 38.4 Å². The van der Waals surface area contributed by atoms with E-state index in [4.69, 9.17) is 0 Å². The lowest BCUT2D eigenvalue weighted by molar-refractivity contribution is 0.207. The second kappa shape index (κ2) is 6.08. The standard InChI is InChI=1S/C16H26N4O/c1-3-17-16(21)19-7-6-14(10-19)8-15-18-9-12(2)20(15)11-13-4-5-13/h9,13-14H,3-8,10-11H2,1-2H3,(H,17,21). The molecule has 1 atom stereocenters. The third-order valence-electron chi connectivity index (χ3n) is 4.65. The van der Waals surface area contributed by atoms with E-state index in [9.17, 15) is 4.79 Å². The fourth-order valence-corrected chi connectivity index (χ4v) is 3.19. The van der Waals surface area contributed by atoms with Gasteiger partial charge >= 0.3 is 6.03 Å². The van der Waals surface area contributed by atoms with E-state index in [1.807, 2.05) is 18.0 Å². The molecule has 3 rings (SSSR count). The van der Waals surface area contributed by atoms with Crippen molar-refractivity contribution in [3.63, 3.8) is 0 Å². The number of urea groups is 1. The molecule has 2 fully saturated rings. The molecule has 0 spiro atoms. The van der Waals surface area contributed by atoms with Crippen LogP contribution in [-0.4, -0.2) is 40.1 Å². The summed E-state index contributed by atoms with van der Waals surface area (Å²) in [6.07, 6.45) is 6.81. The van der Waals surface area contributed by atoms with Gasteiger partial charge in [0.1, 0.15) is 5.82 Å². The van der Waals surface area contributed by atoms with Crippen molar-refractivity contribution in [3.05, 3.63) is 17.7 Å². The molecule has 1 unspecified atom stereocenters. The maximum absolute atomic E-state index is 11.9. The summed E-state index contributed by atoms with van der Waals surface area (Å²) in [6, 6.07) is 0.0810. The van der Waals surface area contributed by atoms with E-state index in [0.29, 0.717) is 12.5 Å². The molecule has 1 aromatic rings. The first-order valence-corrected chi connectivity index (χ1v) is 8.21. The number of imidazole rings is 1. The number of nitrogens with zero attached hydrogens (tertiary/aromatic N) is 3. The summed E-state index contributed by atoms with van der Waals surface area (Å²) < 4.78 is 2.40. The molecule has 1 saturated heterocycles. The Labute approximate surface area is 126 Å².